The Hall–Kier alpha value is -1.53. The molecule has 2 aromatic rings. The van der Waals surface area contributed by atoms with Gasteiger partial charge in [0.25, 0.3) is 5.91 Å². The molecule has 0 bridgehead atoms. The fraction of sp³-hybridized carbons (Fsp3) is 0. The molecule has 76 valence electrons. The summed E-state index contributed by atoms with van der Waals surface area (Å²) >= 11 is 7.06. The molecule has 2 rings (SSSR count). The average Bonchev–Trinajstić information content (AvgIpc) is 2.82. The molecule has 0 radical (unpaired) electrons. The number of anilines is 1. The van der Waals surface area contributed by atoms with Gasteiger partial charge in [0.1, 0.15) is 0 Å². The standard InChI is InChI=1S/C8H5ClN4OS/c9-13(8-10-4-5-15-8)7(14)6-2-1-3-11-12-6/h1-5H. The van der Waals surface area contributed by atoms with Crippen LogP contribution in [0, 0.1) is 0 Å². The summed E-state index contributed by atoms with van der Waals surface area (Å²) in [6.07, 6.45) is 3.05. The molecular weight excluding hydrogens is 236 g/mol. The van der Waals surface area contributed by atoms with Crippen molar-refractivity contribution in [2.75, 3.05) is 4.42 Å². The van der Waals surface area contributed by atoms with Gasteiger partial charge in [0, 0.05) is 29.6 Å². The Labute approximate surface area is 94.5 Å². The van der Waals surface area contributed by atoms with E-state index in [1.165, 1.54) is 17.5 Å². The van der Waals surface area contributed by atoms with E-state index in [-0.39, 0.29) is 5.69 Å². The van der Waals surface area contributed by atoms with Crippen LogP contribution in [0.15, 0.2) is 29.9 Å². The number of hydrogen-bond donors (Lipinski definition) is 0. The summed E-state index contributed by atoms with van der Waals surface area (Å²) < 4.78 is 0.925. The van der Waals surface area contributed by atoms with Gasteiger partial charge in [0.15, 0.2) is 5.69 Å². The van der Waals surface area contributed by atoms with E-state index in [1.54, 1.807) is 23.7 Å². The molecule has 2 aromatic heterocycles. The van der Waals surface area contributed by atoms with Crippen LogP contribution in [-0.4, -0.2) is 21.1 Å². The van der Waals surface area contributed by atoms with Gasteiger partial charge in [-0.05, 0) is 12.1 Å². The lowest BCUT2D eigenvalue weighted by Gasteiger charge is -2.08. The quantitative estimate of drug-likeness (QED) is 0.751. The normalized spacial score (nSPS) is 9.93. The number of rotatable bonds is 2. The van der Waals surface area contributed by atoms with Gasteiger partial charge >= 0.3 is 0 Å². The van der Waals surface area contributed by atoms with E-state index in [0.29, 0.717) is 5.13 Å². The Bertz CT molecular complexity index is 447. The van der Waals surface area contributed by atoms with E-state index < -0.39 is 5.91 Å². The van der Waals surface area contributed by atoms with Crippen molar-refractivity contribution in [1.82, 2.24) is 15.2 Å². The number of aromatic nitrogens is 3. The number of thiazole rings is 1. The molecule has 1 amide bonds. The third kappa shape index (κ3) is 2.11. The van der Waals surface area contributed by atoms with Gasteiger partial charge in [0.05, 0.1) is 0 Å². The summed E-state index contributed by atoms with van der Waals surface area (Å²) in [5.74, 6) is -0.445. The van der Waals surface area contributed by atoms with E-state index >= 15 is 0 Å². The van der Waals surface area contributed by atoms with Crippen molar-refractivity contribution in [1.29, 1.82) is 0 Å². The number of carbonyl (C=O) groups excluding carboxylic acids is 1. The lowest BCUT2D eigenvalue weighted by Crippen LogP contribution is -2.21. The van der Waals surface area contributed by atoms with Crippen LogP contribution in [0.4, 0.5) is 5.13 Å². The van der Waals surface area contributed by atoms with E-state index in [0.717, 1.165) is 4.42 Å². The van der Waals surface area contributed by atoms with Gasteiger partial charge in [0.2, 0.25) is 5.13 Å². The molecule has 0 aromatic carbocycles. The van der Waals surface area contributed by atoms with E-state index in [2.05, 4.69) is 15.2 Å². The van der Waals surface area contributed by atoms with Crippen molar-refractivity contribution < 1.29 is 4.79 Å². The Morgan fingerprint density at radius 3 is 2.93 bits per heavy atom. The summed E-state index contributed by atoms with van der Waals surface area (Å²) in [5.41, 5.74) is 0.183. The van der Waals surface area contributed by atoms with E-state index in [4.69, 9.17) is 11.8 Å². The van der Waals surface area contributed by atoms with Crippen LogP contribution in [0.1, 0.15) is 10.5 Å². The van der Waals surface area contributed by atoms with Crippen LogP contribution >= 0.6 is 23.1 Å². The van der Waals surface area contributed by atoms with Gasteiger partial charge < -0.3 is 0 Å². The lowest BCUT2D eigenvalue weighted by atomic mass is 10.4. The van der Waals surface area contributed by atoms with Crippen molar-refractivity contribution in [2.45, 2.75) is 0 Å². The molecular formula is C8H5ClN4OS. The van der Waals surface area contributed by atoms with Crippen LogP contribution < -0.4 is 4.42 Å². The van der Waals surface area contributed by atoms with Crippen molar-refractivity contribution in [3.05, 3.63) is 35.6 Å². The summed E-state index contributed by atoms with van der Waals surface area (Å²) in [4.78, 5) is 15.6. The van der Waals surface area contributed by atoms with Crippen molar-refractivity contribution in [3.8, 4) is 0 Å². The summed E-state index contributed by atoms with van der Waals surface area (Å²) in [5, 5.41) is 9.40. The predicted octanol–water partition coefficient (Wildman–Crippen LogP) is 1.73. The molecule has 0 saturated carbocycles. The first-order valence-corrected chi connectivity index (χ1v) is 5.18. The monoisotopic (exact) mass is 240 g/mol. The summed E-state index contributed by atoms with van der Waals surface area (Å²) in [6, 6.07) is 3.16. The Morgan fingerprint density at radius 2 is 2.33 bits per heavy atom. The molecule has 0 fully saturated rings. The second-order valence-electron chi connectivity index (χ2n) is 2.51. The molecule has 15 heavy (non-hydrogen) atoms. The maximum Gasteiger partial charge on any atom is 0.295 e. The molecule has 0 atom stereocenters. The van der Waals surface area contributed by atoms with Crippen LogP contribution in [0.25, 0.3) is 0 Å². The molecule has 5 nitrogen and oxygen atoms in total. The largest absolute Gasteiger partial charge is 0.295 e. The molecule has 7 heteroatoms. The van der Waals surface area contributed by atoms with Crippen molar-refractivity contribution in [2.24, 2.45) is 0 Å². The second-order valence-corrected chi connectivity index (χ2v) is 3.72. The number of amides is 1. The van der Waals surface area contributed by atoms with Crippen LogP contribution in [0.2, 0.25) is 0 Å². The first kappa shape index (κ1) is 10.0. The van der Waals surface area contributed by atoms with E-state index in [9.17, 15) is 4.79 Å². The Balaban J connectivity index is 2.23. The maximum absolute atomic E-state index is 11.7. The van der Waals surface area contributed by atoms with Crippen LogP contribution in [0.5, 0.6) is 0 Å². The highest BCUT2D eigenvalue weighted by Crippen LogP contribution is 2.20. The Kier molecular flexibility index (Phi) is 2.89. The van der Waals surface area contributed by atoms with Gasteiger partial charge in [-0.15, -0.1) is 16.4 Å². The number of carbonyl (C=O) groups is 1. The SMILES string of the molecule is O=C(c1cccnn1)N(Cl)c1nccs1. The van der Waals surface area contributed by atoms with Crippen LogP contribution in [-0.2, 0) is 0 Å². The topological polar surface area (TPSA) is 59.0 Å². The smallest absolute Gasteiger partial charge is 0.265 e. The molecule has 0 unspecified atom stereocenters. The molecule has 0 aliphatic carbocycles. The van der Waals surface area contributed by atoms with Gasteiger partial charge in [-0.2, -0.15) is 9.52 Å². The first-order valence-electron chi connectivity index (χ1n) is 3.96. The lowest BCUT2D eigenvalue weighted by molar-refractivity contribution is 0.1000. The molecule has 0 aliphatic rings. The zero-order valence-electron chi connectivity index (χ0n) is 7.37. The zero-order chi connectivity index (χ0) is 10.7. The van der Waals surface area contributed by atoms with Gasteiger partial charge in [-0.1, -0.05) is 0 Å². The number of hydrogen-bond acceptors (Lipinski definition) is 5. The highest BCUT2D eigenvalue weighted by atomic mass is 35.5. The minimum atomic E-state index is -0.445. The van der Waals surface area contributed by atoms with Crippen molar-refractivity contribution >= 4 is 34.2 Å². The molecule has 2 heterocycles. The summed E-state index contributed by atoms with van der Waals surface area (Å²) in [7, 11) is 0. The van der Waals surface area contributed by atoms with E-state index in [1.807, 2.05) is 0 Å². The summed E-state index contributed by atoms with van der Waals surface area (Å²) in [6.45, 7) is 0. The molecule has 0 N–H and O–H groups in total. The second kappa shape index (κ2) is 4.33. The third-order valence-corrected chi connectivity index (χ3v) is 2.73. The highest BCUT2D eigenvalue weighted by molar-refractivity contribution is 7.14. The molecule has 0 spiro atoms. The number of halogens is 1. The number of nitrogens with zero attached hydrogens (tertiary/aromatic N) is 4. The minimum absolute atomic E-state index is 0.183. The average molecular weight is 241 g/mol. The third-order valence-electron chi connectivity index (χ3n) is 1.56. The van der Waals surface area contributed by atoms with Gasteiger partial charge in [-0.3, -0.25) is 4.79 Å². The highest BCUT2D eigenvalue weighted by Gasteiger charge is 2.18. The zero-order valence-corrected chi connectivity index (χ0v) is 8.94. The maximum atomic E-state index is 11.7. The fourth-order valence-electron chi connectivity index (χ4n) is 0.916. The van der Waals surface area contributed by atoms with Crippen molar-refractivity contribution in [3.63, 3.8) is 0 Å². The predicted molar refractivity (Wildman–Crippen MR) is 56.8 cm³/mol. The fourth-order valence-corrected chi connectivity index (χ4v) is 1.71. The minimum Gasteiger partial charge on any atom is -0.265 e. The molecule has 0 aliphatic heterocycles. The van der Waals surface area contributed by atoms with Crippen LogP contribution in [0.3, 0.4) is 0 Å². The first-order chi connectivity index (χ1) is 7.29. The molecule has 0 saturated heterocycles. The van der Waals surface area contributed by atoms with Gasteiger partial charge in [-0.25, -0.2) is 4.98 Å². The Morgan fingerprint density at radius 1 is 1.47 bits per heavy atom.